The number of rotatable bonds is 5. The van der Waals surface area contributed by atoms with Gasteiger partial charge in [0.1, 0.15) is 5.65 Å². The molecule has 0 saturated carbocycles. The smallest absolute Gasteiger partial charge is 0.140 e. The van der Waals surface area contributed by atoms with Crippen LogP contribution in [0.15, 0.2) is 24.5 Å². The Labute approximate surface area is 122 Å². The maximum Gasteiger partial charge on any atom is 0.140 e. The molecule has 2 N–H and O–H groups in total. The molecular weight excluding hydrogens is 246 g/mol. The Balaban J connectivity index is 2.30. The largest absolute Gasteiger partial charge is 0.332 e. The highest BCUT2D eigenvalue weighted by Gasteiger charge is 2.14. The highest BCUT2D eigenvalue weighted by molar-refractivity contribution is 5.80. The SMILES string of the molecule is CCC(N)Cc1cn(CCC(C)(C)C)c2ncccc12. The number of nitrogens with zero attached hydrogens (tertiary/aromatic N) is 2. The van der Waals surface area contributed by atoms with Crippen molar-refractivity contribution in [1.29, 1.82) is 0 Å². The summed E-state index contributed by atoms with van der Waals surface area (Å²) in [5.74, 6) is 0. The fourth-order valence-electron chi connectivity index (χ4n) is 2.41. The summed E-state index contributed by atoms with van der Waals surface area (Å²) in [6.07, 6.45) is 7.21. The summed E-state index contributed by atoms with van der Waals surface area (Å²) >= 11 is 0. The molecule has 0 amide bonds. The van der Waals surface area contributed by atoms with Gasteiger partial charge in [0, 0.05) is 30.4 Å². The normalized spacial score (nSPS) is 13.8. The maximum absolute atomic E-state index is 6.12. The number of hydrogen-bond donors (Lipinski definition) is 1. The van der Waals surface area contributed by atoms with Crippen molar-refractivity contribution in [2.45, 2.75) is 59.5 Å². The van der Waals surface area contributed by atoms with Crippen LogP contribution in [0.4, 0.5) is 0 Å². The van der Waals surface area contributed by atoms with Crippen molar-refractivity contribution in [3.63, 3.8) is 0 Å². The number of nitrogens with two attached hydrogens (primary N) is 1. The molecule has 0 spiro atoms. The second-order valence-corrected chi connectivity index (χ2v) is 6.91. The van der Waals surface area contributed by atoms with E-state index in [2.05, 4.69) is 49.5 Å². The molecule has 0 radical (unpaired) electrons. The number of aryl methyl sites for hydroxylation is 1. The van der Waals surface area contributed by atoms with Gasteiger partial charge in [0.15, 0.2) is 0 Å². The summed E-state index contributed by atoms with van der Waals surface area (Å²) in [7, 11) is 0. The lowest BCUT2D eigenvalue weighted by Crippen LogP contribution is -2.21. The minimum Gasteiger partial charge on any atom is -0.332 e. The molecule has 0 bridgehead atoms. The molecule has 0 aliphatic heterocycles. The second kappa shape index (κ2) is 5.96. The molecule has 3 nitrogen and oxygen atoms in total. The minimum atomic E-state index is 0.233. The Morgan fingerprint density at radius 3 is 2.75 bits per heavy atom. The third kappa shape index (κ3) is 3.60. The summed E-state index contributed by atoms with van der Waals surface area (Å²) in [5.41, 5.74) is 8.88. The molecule has 2 aromatic rings. The van der Waals surface area contributed by atoms with Crippen molar-refractivity contribution in [2.24, 2.45) is 11.1 Å². The van der Waals surface area contributed by atoms with E-state index in [1.165, 1.54) is 10.9 Å². The van der Waals surface area contributed by atoms with Gasteiger partial charge in [-0.05, 0) is 42.4 Å². The lowest BCUT2D eigenvalue weighted by atomic mass is 9.92. The van der Waals surface area contributed by atoms with Crippen LogP contribution in [-0.4, -0.2) is 15.6 Å². The van der Waals surface area contributed by atoms with E-state index in [0.29, 0.717) is 5.41 Å². The highest BCUT2D eigenvalue weighted by atomic mass is 15.0. The quantitative estimate of drug-likeness (QED) is 0.901. The van der Waals surface area contributed by atoms with Crippen LogP contribution in [0.3, 0.4) is 0 Å². The monoisotopic (exact) mass is 273 g/mol. The van der Waals surface area contributed by atoms with Crippen LogP contribution in [-0.2, 0) is 13.0 Å². The molecule has 0 aliphatic carbocycles. The van der Waals surface area contributed by atoms with Crippen molar-refractivity contribution in [3.8, 4) is 0 Å². The summed E-state index contributed by atoms with van der Waals surface area (Å²) in [5, 5.41) is 1.25. The molecule has 2 aromatic heterocycles. The molecule has 2 heterocycles. The number of fused-ring (bicyclic) bond motifs is 1. The first-order valence-electron chi connectivity index (χ1n) is 7.59. The number of aromatic nitrogens is 2. The van der Waals surface area contributed by atoms with E-state index in [1.54, 1.807) is 0 Å². The summed E-state index contributed by atoms with van der Waals surface area (Å²) < 4.78 is 2.29. The Kier molecular flexibility index (Phi) is 4.48. The van der Waals surface area contributed by atoms with Crippen LogP contribution in [0.1, 0.15) is 46.1 Å². The fraction of sp³-hybridized carbons (Fsp3) is 0.588. The Morgan fingerprint density at radius 2 is 2.10 bits per heavy atom. The maximum atomic E-state index is 6.12. The molecule has 2 rings (SSSR count). The second-order valence-electron chi connectivity index (χ2n) is 6.91. The Bertz CT molecular complexity index is 563. The predicted molar refractivity (Wildman–Crippen MR) is 85.8 cm³/mol. The molecule has 1 atom stereocenters. The topological polar surface area (TPSA) is 43.8 Å². The van der Waals surface area contributed by atoms with Gasteiger partial charge in [-0.25, -0.2) is 4.98 Å². The van der Waals surface area contributed by atoms with Crippen LogP contribution in [0.5, 0.6) is 0 Å². The summed E-state index contributed by atoms with van der Waals surface area (Å²) in [6, 6.07) is 4.40. The van der Waals surface area contributed by atoms with Crippen LogP contribution in [0.25, 0.3) is 11.0 Å². The van der Waals surface area contributed by atoms with Crippen molar-refractivity contribution in [2.75, 3.05) is 0 Å². The Hall–Kier alpha value is -1.35. The van der Waals surface area contributed by atoms with E-state index >= 15 is 0 Å². The summed E-state index contributed by atoms with van der Waals surface area (Å²) in [6.45, 7) is 9.99. The molecule has 0 aliphatic rings. The van der Waals surface area contributed by atoms with E-state index in [4.69, 9.17) is 5.73 Å². The van der Waals surface area contributed by atoms with Gasteiger partial charge >= 0.3 is 0 Å². The first-order chi connectivity index (χ1) is 9.40. The molecule has 0 aromatic carbocycles. The molecular formula is C17H27N3. The van der Waals surface area contributed by atoms with E-state index in [-0.39, 0.29) is 6.04 Å². The number of pyridine rings is 1. The van der Waals surface area contributed by atoms with Gasteiger partial charge in [-0.15, -0.1) is 0 Å². The average molecular weight is 273 g/mol. The standard InChI is InChI=1S/C17H27N3/c1-5-14(18)11-13-12-20(10-8-17(2,3)4)16-15(13)7-6-9-19-16/h6-7,9,12,14H,5,8,10-11,18H2,1-4H3. The molecule has 20 heavy (non-hydrogen) atoms. The predicted octanol–water partition coefficient (Wildman–Crippen LogP) is 3.75. The Morgan fingerprint density at radius 1 is 1.35 bits per heavy atom. The van der Waals surface area contributed by atoms with E-state index in [9.17, 15) is 0 Å². The van der Waals surface area contributed by atoms with E-state index in [0.717, 1.165) is 31.5 Å². The molecule has 3 heteroatoms. The molecule has 0 saturated heterocycles. The van der Waals surface area contributed by atoms with Crippen molar-refractivity contribution in [1.82, 2.24) is 9.55 Å². The molecule has 1 unspecified atom stereocenters. The van der Waals surface area contributed by atoms with Crippen LogP contribution >= 0.6 is 0 Å². The van der Waals surface area contributed by atoms with Crippen molar-refractivity contribution < 1.29 is 0 Å². The zero-order valence-electron chi connectivity index (χ0n) is 13.2. The lowest BCUT2D eigenvalue weighted by molar-refractivity contribution is 0.352. The third-order valence-corrected chi connectivity index (χ3v) is 3.83. The lowest BCUT2D eigenvalue weighted by Gasteiger charge is -2.18. The zero-order chi connectivity index (χ0) is 14.8. The third-order valence-electron chi connectivity index (χ3n) is 3.83. The fourth-order valence-corrected chi connectivity index (χ4v) is 2.41. The molecule has 0 fully saturated rings. The van der Waals surface area contributed by atoms with Crippen LogP contribution in [0.2, 0.25) is 0 Å². The van der Waals surface area contributed by atoms with Gasteiger partial charge in [0.2, 0.25) is 0 Å². The zero-order valence-corrected chi connectivity index (χ0v) is 13.2. The first-order valence-corrected chi connectivity index (χ1v) is 7.59. The van der Waals surface area contributed by atoms with Gasteiger partial charge in [-0.2, -0.15) is 0 Å². The van der Waals surface area contributed by atoms with Crippen molar-refractivity contribution in [3.05, 3.63) is 30.1 Å². The van der Waals surface area contributed by atoms with E-state index in [1.807, 2.05) is 12.3 Å². The van der Waals surface area contributed by atoms with Crippen LogP contribution in [0, 0.1) is 5.41 Å². The van der Waals surface area contributed by atoms with Crippen LogP contribution < -0.4 is 5.73 Å². The molecule has 110 valence electrons. The van der Waals surface area contributed by atoms with Gasteiger partial charge in [-0.3, -0.25) is 0 Å². The highest BCUT2D eigenvalue weighted by Crippen LogP contribution is 2.24. The number of hydrogen-bond acceptors (Lipinski definition) is 2. The average Bonchev–Trinajstić information content (AvgIpc) is 2.74. The van der Waals surface area contributed by atoms with Gasteiger partial charge < -0.3 is 10.3 Å². The van der Waals surface area contributed by atoms with Gasteiger partial charge in [-0.1, -0.05) is 27.7 Å². The minimum absolute atomic E-state index is 0.233. The van der Waals surface area contributed by atoms with Gasteiger partial charge in [0.05, 0.1) is 0 Å². The van der Waals surface area contributed by atoms with Gasteiger partial charge in [0.25, 0.3) is 0 Å². The summed E-state index contributed by atoms with van der Waals surface area (Å²) in [4.78, 5) is 4.56. The first kappa shape index (κ1) is 15.0. The van der Waals surface area contributed by atoms with E-state index < -0.39 is 0 Å². The van der Waals surface area contributed by atoms with Crippen molar-refractivity contribution >= 4 is 11.0 Å².